The van der Waals surface area contributed by atoms with Gasteiger partial charge in [0.1, 0.15) is 5.75 Å². The number of aliphatic carboxylic acids is 2. The Labute approximate surface area is 184 Å². The zero-order valence-electron chi connectivity index (χ0n) is 13.8. The van der Waals surface area contributed by atoms with Crippen LogP contribution in [0.4, 0.5) is 0 Å². The molecular formula is C14H18N2Na2O6. The fourth-order valence-corrected chi connectivity index (χ4v) is 1.96. The first kappa shape index (κ1) is 26.1. The van der Waals surface area contributed by atoms with Crippen LogP contribution in [0.1, 0.15) is 18.4 Å². The number of carboxylic acid groups (broad SMARTS) is 2. The summed E-state index contributed by atoms with van der Waals surface area (Å²) in [5.41, 5.74) is 6.02. The molecule has 0 unspecified atom stereocenters. The van der Waals surface area contributed by atoms with Gasteiger partial charge in [0, 0.05) is 12.6 Å². The molecule has 1 aromatic rings. The molecule has 2 rings (SSSR count). The zero-order chi connectivity index (χ0) is 16.7. The van der Waals surface area contributed by atoms with E-state index in [-0.39, 0.29) is 71.3 Å². The number of hydroxylamine groups is 2. The second-order valence-corrected chi connectivity index (χ2v) is 4.94. The molecule has 0 aliphatic carbocycles. The third kappa shape index (κ3) is 9.36. The number of hydrogen-bond donors (Lipinski definition) is 3. The summed E-state index contributed by atoms with van der Waals surface area (Å²) in [6.07, 6.45) is 1.44. The standard InChI is InChI=1S/C9H11NO3.C5H9NO3.2Na/c10-8(9(12)13)5-6-1-3-7(11)4-2-6;7-5(8)4-2-1-3-6(4)9;;/h1-4,8,11H,5,10H2,(H,12,13);4,9H,1-3H2,(H,7,8);;/q;;2*+1/p-2/t8-;4-;;/m00../s1. The topological polar surface area (TPSA) is 150 Å². The summed E-state index contributed by atoms with van der Waals surface area (Å²) in [5, 5.41) is 38.9. The maximum absolute atomic E-state index is 10.3. The number of nitrogens with two attached hydrogens (primary N) is 1. The van der Waals surface area contributed by atoms with Gasteiger partial charge in [-0.05, 0) is 37.0 Å². The molecule has 0 saturated carbocycles. The van der Waals surface area contributed by atoms with Crippen molar-refractivity contribution < 1.29 is 89.2 Å². The van der Waals surface area contributed by atoms with Crippen LogP contribution in [0.15, 0.2) is 24.3 Å². The van der Waals surface area contributed by atoms with Crippen LogP contribution in [0.2, 0.25) is 0 Å². The van der Waals surface area contributed by atoms with Crippen molar-refractivity contribution in [3.8, 4) is 5.75 Å². The van der Waals surface area contributed by atoms with Gasteiger partial charge in [-0.1, -0.05) is 12.1 Å². The van der Waals surface area contributed by atoms with Crippen LogP contribution in [-0.4, -0.2) is 45.9 Å². The molecule has 1 fully saturated rings. The molecule has 2 atom stereocenters. The van der Waals surface area contributed by atoms with Gasteiger partial charge in [0.05, 0.1) is 18.0 Å². The van der Waals surface area contributed by atoms with Gasteiger partial charge >= 0.3 is 59.1 Å². The first-order valence-corrected chi connectivity index (χ1v) is 6.72. The van der Waals surface area contributed by atoms with Crippen molar-refractivity contribution in [2.75, 3.05) is 6.54 Å². The molecule has 0 amide bonds. The van der Waals surface area contributed by atoms with Crippen LogP contribution in [0.3, 0.4) is 0 Å². The average Bonchev–Trinajstić information content (AvgIpc) is 2.88. The number of rotatable bonds is 4. The number of hydrogen-bond acceptors (Lipinski definition) is 8. The van der Waals surface area contributed by atoms with Gasteiger partial charge in [-0.15, -0.1) is 0 Å². The Kier molecular flexibility index (Phi) is 14.2. The zero-order valence-corrected chi connectivity index (χ0v) is 17.8. The molecule has 1 aliphatic rings. The molecule has 24 heavy (non-hydrogen) atoms. The van der Waals surface area contributed by atoms with Gasteiger partial charge in [0.25, 0.3) is 0 Å². The fraction of sp³-hybridized carbons (Fsp3) is 0.429. The Morgan fingerprint density at radius 1 is 1.25 bits per heavy atom. The summed E-state index contributed by atoms with van der Waals surface area (Å²) in [6, 6.07) is 4.44. The monoisotopic (exact) mass is 356 g/mol. The Hall–Kier alpha value is -0.160. The second-order valence-electron chi connectivity index (χ2n) is 4.94. The smallest absolute Gasteiger partial charge is 0.548 e. The van der Waals surface area contributed by atoms with E-state index in [4.69, 9.17) is 16.0 Å². The van der Waals surface area contributed by atoms with E-state index in [9.17, 15) is 19.8 Å². The maximum atomic E-state index is 10.3. The summed E-state index contributed by atoms with van der Waals surface area (Å²) in [7, 11) is 0. The minimum Gasteiger partial charge on any atom is -0.548 e. The van der Waals surface area contributed by atoms with Crippen LogP contribution in [-0.2, 0) is 16.0 Å². The summed E-state index contributed by atoms with van der Waals surface area (Å²) >= 11 is 0. The Morgan fingerprint density at radius 3 is 2.12 bits per heavy atom. The van der Waals surface area contributed by atoms with Gasteiger partial charge < -0.3 is 35.8 Å². The van der Waals surface area contributed by atoms with Crippen LogP contribution < -0.4 is 75.1 Å². The molecule has 1 saturated heterocycles. The van der Waals surface area contributed by atoms with E-state index < -0.39 is 24.0 Å². The summed E-state index contributed by atoms with van der Waals surface area (Å²) in [4.78, 5) is 20.4. The van der Waals surface area contributed by atoms with Crippen molar-refractivity contribution in [3.05, 3.63) is 29.8 Å². The normalized spacial score (nSPS) is 17.5. The van der Waals surface area contributed by atoms with Gasteiger partial charge in [0.2, 0.25) is 0 Å². The minimum absolute atomic E-state index is 0. The van der Waals surface area contributed by atoms with Crippen molar-refractivity contribution in [1.82, 2.24) is 5.06 Å². The first-order chi connectivity index (χ1) is 10.3. The van der Waals surface area contributed by atoms with Crippen molar-refractivity contribution in [2.24, 2.45) is 5.73 Å². The third-order valence-corrected chi connectivity index (χ3v) is 3.19. The maximum Gasteiger partial charge on any atom is 1.00 e. The van der Waals surface area contributed by atoms with Gasteiger partial charge in [-0.25, -0.2) is 0 Å². The first-order valence-electron chi connectivity index (χ1n) is 6.72. The molecule has 8 nitrogen and oxygen atoms in total. The molecule has 0 bridgehead atoms. The number of nitrogens with zero attached hydrogens (tertiary/aromatic N) is 1. The molecule has 1 aromatic carbocycles. The number of carboxylic acids is 2. The SMILES string of the molecule is N[C@@H](Cc1ccc(O)cc1)C(=O)[O-].O=C([O-])[C@@H]1CCCN1O.[Na+].[Na+]. The van der Waals surface area contributed by atoms with Crippen molar-refractivity contribution in [1.29, 1.82) is 0 Å². The molecule has 0 spiro atoms. The molecule has 1 aliphatic heterocycles. The van der Waals surface area contributed by atoms with Crippen molar-refractivity contribution >= 4 is 11.9 Å². The van der Waals surface area contributed by atoms with E-state index in [0.29, 0.717) is 13.0 Å². The number of phenolic OH excluding ortho intramolecular Hbond substituents is 1. The van der Waals surface area contributed by atoms with E-state index in [2.05, 4.69) is 0 Å². The summed E-state index contributed by atoms with van der Waals surface area (Å²) in [5.74, 6) is -2.31. The number of benzene rings is 1. The number of carbonyl (C=O) groups excluding carboxylic acids is 2. The summed E-state index contributed by atoms with van der Waals surface area (Å²) in [6.45, 7) is 0.443. The predicted molar refractivity (Wildman–Crippen MR) is 71.3 cm³/mol. The third-order valence-electron chi connectivity index (χ3n) is 3.19. The Morgan fingerprint density at radius 2 is 1.79 bits per heavy atom. The average molecular weight is 356 g/mol. The van der Waals surface area contributed by atoms with Crippen molar-refractivity contribution in [3.63, 3.8) is 0 Å². The van der Waals surface area contributed by atoms with E-state index >= 15 is 0 Å². The van der Waals surface area contributed by atoms with Crippen LogP contribution in [0.5, 0.6) is 5.75 Å². The largest absolute Gasteiger partial charge is 1.00 e. The fourth-order valence-electron chi connectivity index (χ4n) is 1.96. The van der Waals surface area contributed by atoms with Crippen LogP contribution in [0.25, 0.3) is 0 Å². The number of carbonyl (C=O) groups is 2. The quantitative estimate of drug-likeness (QED) is 0.450. The molecule has 4 N–H and O–H groups in total. The van der Waals surface area contributed by atoms with Gasteiger partial charge in [-0.3, -0.25) is 0 Å². The minimum atomic E-state index is -1.27. The Bertz CT molecular complexity index is 514. The predicted octanol–water partition coefficient (Wildman–Crippen LogP) is -8.39. The molecule has 0 radical (unpaired) electrons. The van der Waals surface area contributed by atoms with E-state index in [0.717, 1.165) is 17.0 Å². The van der Waals surface area contributed by atoms with Crippen LogP contribution in [0, 0.1) is 0 Å². The molecular weight excluding hydrogens is 338 g/mol. The number of phenols is 1. The van der Waals surface area contributed by atoms with Crippen molar-refractivity contribution in [2.45, 2.75) is 31.3 Å². The molecule has 1 heterocycles. The molecule has 0 aromatic heterocycles. The van der Waals surface area contributed by atoms with E-state index in [1.807, 2.05) is 0 Å². The number of aromatic hydroxyl groups is 1. The second kappa shape index (κ2) is 13.1. The summed E-state index contributed by atoms with van der Waals surface area (Å²) < 4.78 is 0. The molecule has 122 valence electrons. The molecule has 10 heteroatoms. The van der Waals surface area contributed by atoms with Gasteiger partial charge in [0.15, 0.2) is 0 Å². The van der Waals surface area contributed by atoms with E-state index in [1.54, 1.807) is 12.1 Å². The Balaban J connectivity index is 0. The van der Waals surface area contributed by atoms with Gasteiger partial charge in [-0.2, -0.15) is 5.06 Å². The van der Waals surface area contributed by atoms with Crippen LogP contribution >= 0.6 is 0 Å². The van der Waals surface area contributed by atoms with E-state index in [1.165, 1.54) is 12.1 Å².